The molecule has 0 saturated carbocycles. The summed E-state index contributed by atoms with van der Waals surface area (Å²) in [5.41, 5.74) is 7.10. The van der Waals surface area contributed by atoms with Crippen molar-refractivity contribution in [3.05, 3.63) is 116 Å². The van der Waals surface area contributed by atoms with Crippen LogP contribution in [-0.4, -0.2) is 52.4 Å². The molecule has 2 amide bonds. The molecule has 8 nitrogen and oxygen atoms in total. The van der Waals surface area contributed by atoms with Crippen LogP contribution in [0.1, 0.15) is 75.1 Å². The molecule has 4 aromatic rings. The van der Waals surface area contributed by atoms with Crippen LogP contribution in [0.25, 0.3) is 0 Å². The molecule has 236 valence electrons. The Balaban J connectivity index is 0.000000254. The fourth-order valence-corrected chi connectivity index (χ4v) is 4.93. The molecule has 44 heavy (non-hydrogen) atoms. The minimum absolute atomic E-state index is 0.0582. The summed E-state index contributed by atoms with van der Waals surface area (Å²) >= 11 is 1.56. The Labute approximate surface area is 266 Å². The number of aryl methyl sites for hydroxylation is 3. The maximum Gasteiger partial charge on any atom is 0.253 e. The molecule has 0 spiro atoms. The van der Waals surface area contributed by atoms with E-state index in [1.54, 1.807) is 29.4 Å². The minimum Gasteiger partial charge on any atom is -0.392 e. The van der Waals surface area contributed by atoms with Gasteiger partial charge < -0.3 is 20.6 Å². The fraction of sp³-hybridized carbons (Fsp3) is 0.371. The van der Waals surface area contributed by atoms with Crippen molar-refractivity contribution in [2.75, 3.05) is 20.1 Å². The zero-order valence-electron chi connectivity index (χ0n) is 26.8. The standard InChI is InChI=1S/C15H18N2O2S.C13H21N3O.C7H8/c1-10-4-12(8-18)6-13(5-10)15(19)17(3)7-14-16-11(2)9-20-14;1-11(2)13-6-12(8-16-9-13)7-14-4-3-5-15-10-17;1-7-5-3-2-4-6-7/h4-6,9,18H,7-8H2,1-3H3;6,8-11,14H,3-5,7H2,1-2H3,(H,15,17);2-6H,1H3. The van der Waals surface area contributed by atoms with Crippen molar-refractivity contribution in [1.82, 2.24) is 25.5 Å². The maximum absolute atomic E-state index is 12.4. The van der Waals surface area contributed by atoms with Gasteiger partial charge in [-0.15, -0.1) is 11.3 Å². The summed E-state index contributed by atoms with van der Waals surface area (Å²) in [4.78, 5) is 32.7. The van der Waals surface area contributed by atoms with E-state index >= 15 is 0 Å². The number of aliphatic hydroxyl groups is 1. The van der Waals surface area contributed by atoms with Crippen molar-refractivity contribution in [2.24, 2.45) is 0 Å². The van der Waals surface area contributed by atoms with E-state index in [1.807, 2.05) is 62.0 Å². The Kier molecular flexibility index (Phi) is 16.6. The number of carbonyl (C=O) groups excluding carboxylic acids is 2. The summed E-state index contributed by atoms with van der Waals surface area (Å²) in [6.07, 6.45) is 5.48. The van der Waals surface area contributed by atoms with Crippen LogP contribution >= 0.6 is 11.3 Å². The first-order valence-electron chi connectivity index (χ1n) is 14.8. The number of amides is 2. The fourth-order valence-electron chi connectivity index (χ4n) is 4.11. The van der Waals surface area contributed by atoms with Gasteiger partial charge >= 0.3 is 0 Å². The SMILES string of the molecule is CC(C)c1cncc(CNCCCNC=O)c1.Cc1cc(CO)cc(C(=O)N(C)Cc2nc(C)cs2)c1.Cc1ccccc1. The molecule has 0 unspecified atom stereocenters. The zero-order chi connectivity index (χ0) is 32.3. The lowest BCUT2D eigenvalue weighted by Crippen LogP contribution is -2.26. The van der Waals surface area contributed by atoms with Crippen molar-refractivity contribution < 1.29 is 14.7 Å². The molecule has 2 aromatic carbocycles. The maximum atomic E-state index is 12.4. The largest absolute Gasteiger partial charge is 0.392 e. The summed E-state index contributed by atoms with van der Waals surface area (Å²) in [7, 11) is 1.76. The molecule has 0 fully saturated rings. The molecular formula is C35H47N5O3S. The van der Waals surface area contributed by atoms with Crippen molar-refractivity contribution in [3.63, 3.8) is 0 Å². The van der Waals surface area contributed by atoms with Gasteiger partial charge in [0.25, 0.3) is 5.91 Å². The number of benzene rings is 2. The van der Waals surface area contributed by atoms with Crippen LogP contribution in [0.15, 0.2) is 72.4 Å². The third-order valence-corrected chi connectivity index (χ3v) is 7.41. The smallest absolute Gasteiger partial charge is 0.253 e. The number of aliphatic hydroxyl groups excluding tert-OH is 1. The second-order valence-electron chi connectivity index (χ2n) is 10.9. The van der Waals surface area contributed by atoms with E-state index in [2.05, 4.69) is 59.6 Å². The van der Waals surface area contributed by atoms with Crippen LogP contribution in [0.3, 0.4) is 0 Å². The van der Waals surface area contributed by atoms with Gasteiger partial charge in [0.05, 0.1) is 13.2 Å². The lowest BCUT2D eigenvalue weighted by atomic mass is 10.0. The van der Waals surface area contributed by atoms with E-state index in [-0.39, 0.29) is 12.5 Å². The number of nitrogens with one attached hydrogen (secondary N) is 2. The van der Waals surface area contributed by atoms with E-state index in [0.29, 0.717) is 18.0 Å². The van der Waals surface area contributed by atoms with Gasteiger partial charge in [0.1, 0.15) is 5.01 Å². The summed E-state index contributed by atoms with van der Waals surface area (Å²) in [6, 6.07) is 17.9. The van der Waals surface area contributed by atoms with E-state index in [9.17, 15) is 14.7 Å². The van der Waals surface area contributed by atoms with E-state index in [0.717, 1.165) is 54.3 Å². The average molecular weight is 618 g/mol. The normalized spacial score (nSPS) is 10.3. The number of pyridine rings is 1. The Morgan fingerprint density at radius 2 is 1.75 bits per heavy atom. The van der Waals surface area contributed by atoms with Crippen LogP contribution < -0.4 is 10.6 Å². The van der Waals surface area contributed by atoms with Crippen LogP contribution in [-0.2, 0) is 24.5 Å². The first-order valence-corrected chi connectivity index (χ1v) is 15.7. The second kappa shape index (κ2) is 20.1. The predicted molar refractivity (Wildman–Crippen MR) is 180 cm³/mol. The molecule has 0 aliphatic heterocycles. The van der Waals surface area contributed by atoms with Gasteiger partial charge in [-0.05, 0) is 74.0 Å². The van der Waals surface area contributed by atoms with Crippen LogP contribution in [0.2, 0.25) is 0 Å². The van der Waals surface area contributed by atoms with Gasteiger partial charge in [-0.25, -0.2) is 4.98 Å². The first-order chi connectivity index (χ1) is 21.1. The number of hydrogen-bond donors (Lipinski definition) is 3. The Morgan fingerprint density at radius 3 is 2.34 bits per heavy atom. The number of aromatic nitrogens is 2. The molecule has 2 aromatic heterocycles. The van der Waals surface area contributed by atoms with Gasteiger partial charge in [-0.2, -0.15) is 0 Å². The van der Waals surface area contributed by atoms with Crippen molar-refractivity contribution in [3.8, 4) is 0 Å². The number of nitrogens with zero attached hydrogens (tertiary/aromatic N) is 3. The molecule has 2 heterocycles. The third-order valence-electron chi connectivity index (χ3n) is 6.46. The van der Waals surface area contributed by atoms with Crippen molar-refractivity contribution >= 4 is 23.7 Å². The van der Waals surface area contributed by atoms with E-state index in [1.165, 1.54) is 16.7 Å². The zero-order valence-corrected chi connectivity index (χ0v) is 27.7. The number of thiazole rings is 1. The number of hydrogen-bond acceptors (Lipinski definition) is 7. The van der Waals surface area contributed by atoms with Gasteiger partial charge in [0.15, 0.2) is 0 Å². The Morgan fingerprint density at radius 1 is 1.00 bits per heavy atom. The van der Waals surface area contributed by atoms with E-state index < -0.39 is 0 Å². The lowest BCUT2D eigenvalue weighted by Gasteiger charge is -2.16. The molecule has 0 aliphatic rings. The van der Waals surface area contributed by atoms with Crippen LogP contribution in [0, 0.1) is 20.8 Å². The molecule has 9 heteroatoms. The van der Waals surface area contributed by atoms with Crippen LogP contribution in [0.4, 0.5) is 0 Å². The monoisotopic (exact) mass is 617 g/mol. The van der Waals surface area contributed by atoms with E-state index in [4.69, 9.17) is 0 Å². The molecule has 0 atom stereocenters. The lowest BCUT2D eigenvalue weighted by molar-refractivity contribution is -0.109. The highest BCUT2D eigenvalue weighted by molar-refractivity contribution is 7.09. The molecule has 0 radical (unpaired) electrons. The second-order valence-corrected chi connectivity index (χ2v) is 11.9. The quantitative estimate of drug-likeness (QED) is 0.134. The minimum atomic E-state index is -0.0590. The first kappa shape index (κ1) is 36.3. The molecule has 4 rings (SSSR count). The molecule has 3 N–H and O–H groups in total. The highest BCUT2D eigenvalue weighted by Gasteiger charge is 2.14. The van der Waals surface area contributed by atoms with Crippen molar-refractivity contribution in [1.29, 1.82) is 0 Å². The summed E-state index contributed by atoms with van der Waals surface area (Å²) in [5, 5.41) is 18.1. The molecule has 0 saturated heterocycles. The highest BCUT2D eigenvalue weighted by Crippen LogP contribution is 2.16. The number of carbonyl (C=O) groups is 2. The van der Waals surface area contributed by atoms with Gasteiger partial charge in [-0.3, -0.25) is 14.6 Å². The van der Waals surface area contributed by atoms with Crippen molar-refractivity contribution in [2.45, 2.75) is 66.7 Å². The third kappa shape index (κ3) is 14.0. The molecule has 0 bridgehead atoms. The predicted octanol–water partition coefficient (Wildman–Crippen LogP) is 5.95. The molecular weight excluding hydrogens is 570 g/mol. The topological polar surface area (TPSA) is 107 Å². The van der Waals surface area contributed by atoms with Gasteiger partial charge in [0.2, 0.25) is 6.41 Å². The van der Waals surface area contributed by atoms with Gasteiger partial charge in [-0.1, -0.05) is 61.9 Å². The van der Waals surface area contributed by atoms with Gasteiger partial charge in [0, 0.05) is 49.2 Å². The Bertz CT molecular complexity index is 1410. The highest BCUT2D eigenvalue weighted by atomic mass is 32.1. The number of rotatable bonds is 12. The average Bonchev–Trinajstić information content (AvgIpc) is 3.43. The molecule has 0 aliphatic carbocycles. The summed E-state index contributed by atoms with van der Waals surface area (Å²) in [5.74, 6) is 0.454. The summed E-state index contributed by atoms with van der Waals surface area (Å²) in [6.45, 7) is 13.2. The Hall–Kier alpha value is -3.92. The summed E-state index contributed by atoms with van der Waals surface area (Å²) < 4.78 is 0. The van der Waals surface area contributed by atoms with Crippen LogP contribution in [0.5, 0.6) is 0 Å².